The van der Waals surface area contributed by atoms with Crippen LogP contribution in [0.5, 0.6) is 0 Å². The van der Waals surface area contributed by atoms with E-state index in [0.717, 1.165) is 12.8 Å². The highest BCUT2D eigenvalue weighted by Crippen LogP contribution is 2.29. The number of piperazine rings is 1. The summed E-state index contributed by atoms with van der Waals surface area (Å²) in [5.74, 6) is 0.403. The lowest BCUT2D eigenvalue weighted by molar-refractivity contribution is 0.0404. The molecule has 1 heterocycles. The summed E-state index contributed by atoms with van der Waals surface area (Å²) < 4.78 is 27.2. The van der Waals surface area contributed by atoms with Crippen molar-refractivity contribution in [1.29, 1.82) is 0 Å². The highest BCUT2D eigenvalue weighted by molar-refractivity contribution is 7.80. The molecule has 0 spiro atoms. The van der Waals surface area contributed by atoms with Crippen molar-refractivity contribution in [2.24, 2.45) is 5.92 Å². The molecule has 2 fully saturated rings. The van der Waals surface area contributed by atoms with Crippen LogP contribution in [-0.2, 0) is 16.0 Å². The average molecular weight is 381 g/mol. The van der Waals surface area contributed by atoms with Crippen LogP contribution in [0.15, 0.2) is 24.3 Å². The summed E-state index contributed by atoms with van der Waals surface area (Å²) >= 11 is -2.15. The average Bonchev–Trinajstić information content (AvgIpc) is 3.43. The van der Waals surface area contributed by atoms with Crippen LogP contribution in [0.1, 0.15) is 30.1 Å². The third kappa shape index (κ3) is 4.73. The lowest BCUT2D eigenvalue weighted by Crippen LogP contribution is -2.55. The lowest BCUT2D eigenvalue weighted by atomic mass is 10.1. The van der Waals surface area contributed by atoms with Crippen LogP contribution >= 0.6 is 0 Å². The summed E-state index contributed by atoms with van der Waals surface area (Å²) in [7, 11) is 0. The van der Waals surface area contributed by atoms with Gasteiger partial charge in [-0.15, -0.1) is 0 Å². The van der Waals surface area contributed by atoms with E-state index in [0.29, 0.717) is 43.4 Å². The third-order valence-electron chi connectivity index (χ3n) is 4.62. The molecular weight excluding hydrogens is 358 g/mol. The van der Waals surface area contributed by atoms with Gasteiger partial charge in [0.1, 0.15) is 0 Å². The third-order valence-corrected chi connectivity index (χ3v) is 5.03. The molecular formula is C17H23N3O5S. The summed E-state index contributed by atoms with van der Waals surface area (Å²) in [6.07, 6.45) is 1.96. The zero-order valence-corrected chi connectivity index (χ0v) is 15.4. The van der Waals surface area contributed by atoms with Gasteiger partial charge >= 0.3 is 6.09 Å². The van der Waals surface area contributed by atoms with E-state index in [4.69, 9.17) is 9.29 Å². The van der Waals surface area contributed by atoms with Crippen molar-refractivity contribution < 1.29 is 23.1 Å². The Morgan fingerprint density at radius 3 is 2.54 bits per heavy atom. The molecule has 8 nitrogen and oxygen atoms in total. The van der Waals surface area contributed by atoms with Crippen molar-refractivity contribution in [3.63, 3.8) is 0 Å². The van der Waals surface area contributed by atoms with E-state index in [1.807, 2.05) is 6.92 Å². The van der Waals surface area contributed by atoms with Crippen molar-refractivity contribution >= 4 is 29.0 Å². The number of rotatable bonds is 5. The van der Waals surface area contributed by atoms with Gasteiger partial charge < -0.3 is 14.5 Å². The fourth-order valence-electron chi connectivity index (χ4n) is 2.94. The standard InChI is InChI=1S/C17H23N3O5S/c1-12-10-19(17(22)25-11-13-2-3-13)8-9-20(12)16(21)14-4-6-15(7-5-14)18-26(23)24/h4-7,12-13,18H,2-3,8-11H2,1H3,(H,23,24)/t12-/m0/s1. The Hall–Kier alpha value is -2.13. The van der Waals surface area contributed by atoms with E-state index in [1.54, 1.807) is 34.1 Å². The quantitative estimate of drug-likeness (QED) is 0.759. The molecule has 1 aromatic carbocycles. The Morgan fingerprint density at radius 2 is 1.96 bits per heavy atom. The fraction of sp³-hybridized carbons (Fsp3) is 0.529. The minimum absolute atomic E-state index is 0.118. The van der Waals surface area contributed by atoms with Crippen molar-refractivity contribution in [3.8, 4) is 0 Å². The molecule has 0 bridgehead atoms. The number of hydrogen-bond donors (Lipinski definition) is 2. The molecule has 1 saturated heterocycles. The van der Waals surface area contributed by atoms with Gasteiger partial charge in [0.25, 0.3) is 17.2 Å². The molecule has 2 atom stereocenters. The second kappa shape index (κ2) is 8.05. The Kier molecular flexibility index (Phi) is 5.77. The summed E-state index contributed by atoms with van der Waals surface area (Å²) in [4.78, 5) is 28.2. The van der Waals surface area contributed by atoms with Gasteiger partial charge in [-0.3, -0.25) is 14.1 Å². The minimum Gasteiger partial charge on any atom is -0.449 e. The van der Waals surface area contributed by atoms with E-state index in [1.165, 1.54) is 0 Å². The molecule has 2 amide bonds. The molecule has 9 heteroatoms. The molecule has 2 N–H and O–H groups in total. The van der Waals surface area contributed by atoms with Crippen LogP contribution in [0.3, 0.4) is 0 Å². The maximum Gasteiger partial charge on any atom is 0.409 e. The molecule has 1 saturated carbocycles. The van der Waals surface area contributed by atoms with Crippen molar-refractivity contribution in [2.75, 3.05) is 31.0 Å². The Morgan fingerprint density at radius 1 is 1.27 bits per heavy atom. The first-order valence-electron chi connectivity index (χ1n) is 8.64. The van der Waals surface area contributed by atoms with Crippen LogP contribution in [0, 0.1) is 5.92 Å². The highest BCUT2D eigenvalue weighted by atomic mass is 32.2. The largest absolute Gasteiger partial charge is 0.449 e. The molecule has 0 aromatic heterocycles. The predicted molar refractivity (Wildman–Crippen MR) is 97.0 cm³/mol. The van der Waals surface area contributed by atoms with Crippen molar-refractivity contribution in [2.45, 2.75) is 25.8 Å². The molecule has 1 unspecified atom stereocenters. The SMILES string of the molecule is C[C@H]1CN(C(=O)OCC2CC2)CCN1C(=O)c1ccc(NS(=O)O)cc1. The molecule has 1 aliphatic heterocycles. The van der Waals surface area contributed by atoms with Crippen LogP contribution in [0.2, 0.25) is 0 Å². The van der Waals surface area contributed by atoms with Crippen molar-refractivity contribution in [3.05, 3.63) is 29.8 Å². The Bertz CT molecular complexity index is 692. The molecule has 3 rings (SSSR count). The Labute approximate surface area is 154 Å². The number of ether oxygens (including phenoxy) is 1. The van der Waals surface area contributed by atoms with Gasteiger partial charge in [-0.2, -0.15) is 0 Å². The number of amides is 2. The molecule has 1 aromatic rings. The predicted octanol–water partition coefficient (Wildman–Crippen LogP) is 1.93. The first-order chi connectivity index (χ1) is 12.4. The normalized spacial score (nSPS) is 21.2. The number of carbonyl (C=O) groups excluding carboxylic acids is 2. The topological polar surface area (TPSA) is 99.2 Å². The summed E-state index contributed by atoms with van der Waals surface area (Å²) in [6, 6.07) is 6.27. The van der Waals surface area contributed by atoms with E-state index >= 15 is 0 Å². The number of benzene rings is 1. The molecule has 2 aliphatic rings. The first-order valence-corrected chi connectivity index (χ1v) is 9.75. The van der Waals surface area contributed by atoms with E-state index in [9.17, 15) is 13.8 Å². The zero-order chi connectivity index (χ0) is 18.7. The molecule has 26 heavy (non-hydrogen) atoms. The van der Waals surface area contributed by atoms with Crippen LogP contribution < -0.4 is 4.72 Å². The second-order valence-electron chi connectivity index (χ2n) is 6.74. The maximum atomic E-state index is 12.7. The van der Waals surface area contributed by atoms with Crippen LogP contribution in [0.25, 0.3) is 0 Å². The number of nitrogens with one attached hydrogen (secondary N) is 1. The summed E-state index contributed by atoms with van der Waals surface area (Å²) in [5.41, 5.74) is 0.953. The second-order valence-corrected chi connectivity index (χ2v) is 7.44. The van der Waals surface area contributed by atoms with Crippen LogP contribution in [-0.4, -0.2) is 62.8 Å². The van der Waals surface area contributed by atoms with Crippen molar-refractivity contribution in [1.82, 2.24) is 9.80 Å². The zero-order valence-electron chi connectivity index (χ0n) is 14.6. The monoisotopic (exact) mass is 381 g/mol. The van der Waals surface area contributed by atoms with E-state index in [-0.39, 0.29) is 18.0 Å². The van der Waals surface area contributed by atoms with Gasteiger partial charge in [-0.25, -0.2) is 9.00 Å². The number of anilines is 1. The number of hydrogen-bond acceptors (Lipinski definition) is 4. The highest BCUT2D eigenvalue weighted by Gasteiger charge is 2.32. The lowest BCUT2D eigenvalue weighted by Gasteiger charge is -2.39. The molecule has 142 valence electrons. The maximum absolute atomic E-state index is 12.7. The van der Waals surface area contributed by atoms with Gasteiger partial charge in [0.15, 0.2) is 0 Å². The van der Waals surface area contributed by atoms with Crippen LogP contribution in [0.4, 0.5) is 10.5 Å². The smallest absolute Gasteiger partial charge is 0.409 e. The minimum atomic E-state index is -2.15. The van der Waals surface area contributed by atoms with E-state index in [2.05, 4.69) is 4.72 Å². The molecule has 1 aliphatic carbocycles. The van der Waals surface area contributed by atoms with Gasteiger partial charge in [-0.05, 0) is 49.9 Å². The number of nitrogens with zero attached hydrogens (tertiary/aromatic N) is 2. The summed E-state index contributed by atoms with van der Waals surface area (Å²) in [5, 5.41) is 0. The number of carbonyl (C=O) groups is 2. The molecule has 0 radical (unpaired) electrons. The van der Waals surface area contributed by atoms with E-state index < -0.39 is 11.3 Å². The first kappa shape index (κ1) is 18.7. The Balaban J connectivity index is 1.55. The fourth-order valence-corrected chi connectivity index (χ4v) is 3.28. The van der Waals surface area contributed by atoms with Gasteiger partial charge in [0.2, 0.25) is 0 Å². The van der Waals surface area contributed by atoms with Gasteiger partial charge in [0.05, 0.1) is 6.61 Å². The summed E-state index contributed by atoms with van der Waals surface area (Å²) in [6.45, 7) is 3.73. The van der Waals surface area contributed by atoms with Gasteiger partial charge in [0, 0.05) is 36.9 Å². The van der Waals surface area contributed by atoms with Gasteiger partial charge in [-0.1, -0.05) is 0 Å².